The molecular formula is C22H19BrN4O3. The Morgan fingerprint density at radius 2 is 2.00 bits per heavy atom. The van der Waals surface area contributed by atoms with Crippen LogP contribution in [0.5, 0.6) is 0 Å². The fourth-order valence-corrected chi connectivity index (χ4v) is 3.52. The molecule has 4 rings (SSSR count). The molecule has 0 saturated heterocycles. The van der Waals surface area contributed by atoms with Gasteiger partial charge in [0.05, 0.1) is 6.33 Å². The zero-order chi connectivity index (χ0) is 21.1. The maximum absolute atomic E-state index is 12.7. The molecule has 0 aliphatic rings. The van der Waals surface area contributed by atoms with Crippen molar-refractivity contribution in [2.45, 2.75) is 26.4 Å². The van der Waals surface area contributed by atoms with Crippen LogP contribution >= 0.6 is 15.9 Å². The topological polar surface area (TPSA) is 90.0 Å². The van der Waals surface area contributed by atoms with E-state index in [2.05, 4.69) is 31.4 Å². The van der Waals surface area contributed by atoms with Crippen molar-refractivity contribution in [1.82, 2.24) is 20.0 Å². The van der Waals surface area contributed by atoms with Crippen LogP contribution in [-0.2, 0) is 17.9 Å². The zero-order valence-corrected chi connectivity index (χ0v) is 17.8. The normalized spacial score (nSPS) is 11.0. The van der Waals surface area contributed by atoms with Gasteiger partial charge in [-0.2, -0.15) is 0 Å². The lowest BCUT2D eigenvalue weighted by Gasteiger charge is -2.07. The van der Waals surface area contributed by atoms with E-state index < -0.39 is 0 Å². The number of benzene rings is 2. The Morgan fingerprint density at radius 3 is 2.77 bits per heavy atom. The average molecular weight is 467 g/mol. The second kappa shape index (κ2) is 8.62. The number of nitrogens with one attached hydrogen (secondary N) is 1. The average Bonchev–Trinajstić information content (AvgIpc) is 3.17. The van der Waals surface area contributed by atoms with Gasteiger partial charge in [0.15, 0.2) is 0 Å². The van der Waals surface area contributed by atoms with Crippen LogP contribution in [0.1, 0.15) is 17.5 Å². The summed E-state index contributed by atoms with van der Waals surface area (Å²) in [4.78, 5) is 29.2. The van der Waals surface area contributed by atoms with Gasteiger partial charge in [-0.05, 0) is 24.6 Å². The fourth-order valence-electron chi connectivity index (χ4n) is 3.07. The number of carbonyl (C=O) groups excluding carboxylic acids is 1. The number of carbonyl (C=O) groups is 1. The molecule has 0 bridgehead atoms. The molecule has 4 aromatic rings. The van der Waals surface area contributed by atoms with Crippen LogP contribution in [0.3, 0.4) is 0 Å². The van der Waals surface area contributed by atoms with Crippen LogP contribution in [0.4, 0.5) is 0 Å². The maximum Gasteiger partial charge on any atom is 0.299 e. The van der Waals surface area contributed by atoms with E-state index in [9.17, 15) is 9.59 Å². The van der Waals surface area contributed by atoms with Gasteiger partial charge < -0.3 is 9.84 Å². The monoisotopic (exact) mass is 466 g/mol. The molecule has 0 unspecified atom stereocenters. The molecule has 0 fully saturated rings. The quantitative estimate of drug-likeness (QED) is 0.466. The molecule has 1 N–H and O–H groups in total. The van der Waals surface area contributed by atoms with Gasteiger partial charge in [-0.25, -0.2) is 4.98 Å². The summed E-state index contributed by atoms with van der Waals surface area (Å²) in [6, 6.07) is 15.5. The van der Waals surface area contributed by atoms with Crippen molar-refractivity contribution in [3.05, 3.63) is 80.8 Å². The van der Waals surface area contributed by atoms with Crippen LogP contribution in [0.25, 0.3) is 22.4 Å². The second-order valence-electron chi connectivity index (χ2n) is 6.97. The Kier molecular flexibility index (Phi) is 5.76. The molecule has 30 heavy (non-hydrogen) atoms. The summed E-state index contributed by atoms with van der Waals surface area (Å²) in [5.74, 6) is -0.153. The Balaban J connectivity index is 1.44. The van der Waals surface area contributed by atoms with Gasteiger partial charge in [0, 0.05) is 29.5 Å². The number of halogens is 1. The van der Waals surface area contributed by atoms with Crippen molar-refractivity contribution >= 4 is 32.9 Å². The van der Waals surface area contributed by atoms with Crippen LogP contribution in [0.15, 0.2) is 68.6 Å². The molecule has 2 aromatic carbocycles. The van der Waals surface area contributed by atoms with Crippen molar-refractivity contribution < 1.29 is 9.32 Å². The molecule has 2 aromatic heterocycles. The standard InChI is InChI=1S/C22H19BrN4O3/c1-14-5-7-16(8-6-14)19-20-21(30-26-19)22(29)27(13-25-20)10-9-18(28)24-12-15-3-2-4-17(23)11-15/h2-8,11,13H,9-10,12H2,1H3,(H,24,28). The van der Waals surface area contributed by atoms with Gasteiger partial charge in [-0.3, -0.25) is 14.2 Å². The van der Waals surface area contributed by atoms with E-state index in [-0.39, 0.29) is 30.0 Å². The molecule has 7 nitrogen and oxygen atoms in total. The van der Waals surface area contributed by atoms with E-state index in [0.717, 1.165) is 21.2 Å². The van der Waals surface area contributed by atoms with Crippen molar-refractivity contribution in [1.29, 1.82) is 0 Å². The van der Waals surface area contributed by atoms with Crippen molar-refractivity contribution in [2.24, 2.45) is 0 Å². The minimum Gasteiger partial charge on any atom is -0.352 e. The summed E-state index contributed by atoms with van der Waals surface area (Å²) in [5.41, 5.74) is 3.62. The predicted molar refractivity (Wildman–Crippen MR) is 117 cm³/mol. The molecule has 1 amide bonds. The number of hydrogen-bond donors (Lipinski definition) is 1. The summed E-state index contributed by atoms with van der Waals surface area (Å²) in [6.07, 6.45) is 1.58. The summed E-state index contributed by atoms with van der Waals surface area (Å²) in [7, 11) is 0. The van der Waals surface area contributed by atoms with E-state index in [1.165, 1.54) is 10.9 Å². The number of aryl methyl sites for hydroxylation is 2. The Labute approximate surface area is 180 Å². The molecule has 152 valence electrons. The van der Waals surface area contributed by atoms with Crippen LogP contribution in [0.2, 0.25) is 0 Å². The number of rotatable bonds is 6. The van der Waals surface area contributed by atoms with E-state index >= 15 is 0 Å². The fraction of sp³-hybridized carbons (Fsp3) is 0.182. The van der Waals surface area contributed by atoms with Gasteiger partial charge in [0.2, 0.25) is 5.91 Å². The van der Waals surface area contributed by atoms with E-state index in [0.29, 0.717) is 17.8 Å². The molecule has 0 radical (unpaired) electrons. The molecule has 8 heteroatoms. The molecule has 2 heterocycles. The zero-order valence-electron chi connectivity index (χ0n) is 16.3. The molecule has 0 aliphatic heterocycles. The molecule has 0 spiro atoms. The Morgan fingerprint density at radius 1 is 1.20 bits per heavy atom. The molecular weight excluding hydrogens is 448 g/mol. The maximum atomic E-state index is 12.7. The summed E-state index contributed by atoms with van der Waals surface area (Å²) in [6.45, 7) is 2.62. The number of hydrogen-bond acceptors (Lipinski definition) is 5. The third-order valence-corrected chi connectivity index (χ3v) is 5.23. The van der Waals surface area contributed by atoms with E-state index in [1.807, 2.05) is 55.5 Å². The number of nitrogens with zero attached hydrogens (tertiary/aromatic N) is 3. The second-order valence-corrected chi connectivity index (χ2v) is 7.89. The van der Waals surface area contributed by atoms with Crippen LogP contribution in [-0.4, -0.2) is 20.6 Å². The lowest BCUT2D eigenvalue weighted by atomic mass is 10.1. The van der Waals surface area contributed by atoms with Crippen LogP contribution < -0.4 is 10.9 Å². The van der Waals surface area contributed by atoms with Gasteiger partial charge in [0.1, 0.15) is 11.2 Å². The number of aromatic nitrogens is 3. The third kappa shape index (κ3) is 4.33. The highest BCUT2D eigenvalue weighted by atomic mass is 79.9. The predicted octanol–water partition coefficient (Wildman–Crippen LogP) is 3.83. The lowest BCUT2D eigenvalue weighted by molar-refractivity contribution is -0.121. The van der Waals surface area contributed by atoms with Gasteiger partial charge in [-0.15, -0.1) is 0 Å². The lowest BCUT2D eigenvalue weighted by Crippen LogP contribution is -2.27. The molecule has 0 aliphatic carbocycles. The first-order chi connectivity index (χ1) is 14.5. The van der Waals surface area contributed by atoms with Gasteiger partial charge in [0.25, 0.3) is 11.1 Å². The first-order valence-electron chi connectivity index (χ1n) is 9.44. The van der Waals surface area contributed by atoms with Gasteiger partial charge in [-0.1, -0.05) is 63.0 Å². The summed E-state index contributed by atoms with van der Waals surface area (Å²) in [5, 5.41) is 6.88. The Hall–Kier alpha value is -3.26. The number of amides is 1. The van der Waals surface area contributed by atoms with Crippen LogP contribution in [0, 0.1) is 6.92 Å². The minimum absolute atomic E-state index is 0.0858. The summed E-state index contributed by atoms with van der Waals surface area (Å²) < 4.78 is 7.60. The highest BCUT2D eigenvalue weighted by molar-refractivity contribution is 9.10. The largest absolute Gasteiger partial charge is 0.352 e. The third-order valence-electron chi connectivity index (χ3n) is 4.73. The molecule has 0 atom stereocenters. The highest BCUT2D eigenvalue weighted by Gasteiger charge is 2.16. The Bertz CT molecular complexity index is 1260. The van der Waals surface area contributed by atoms with Crippen molar-refractivity contribution in [3.8, 4) is 11.3 Å². The van der Waals surface area contributed by atoms with E-state index in [4.69, 9.17) is 4.52 Å². The first kappa shape index (κ1) is 20.0. The highest BCUT2D eigenvalue weighted by Crippen LogP contribution is 2.24. The van der Waals surface area contributed by atoms with Gasteiger partial charge >= 0.3 is 0 Å². The SMILES string of the molecule is Cc1ccc(-c2noc3c(=O)n(CCC(=O)NCc4cccc(Br)c4)cnc23)cc1. The van der Waals surface area contributed by atoms with Crippen molar-refractivity contribution in [3.63, 3.8) is 0 Å². The minimum atomic E-state index is -0.356. The summed E-state index contributed by atoms with van der Waals surface area (Å²) >= 11 is 3.41. The first-order valence-corrected chi connectivity index (χ1v) is 10.2. The van der Waals surface area contributed by atoms with E-state index in [1.54, 1.807) is 0 Å². The smallest absolute Gasteiger partial charge is 0.299 e. The van der Waals surface area contributed by atoms with Crippen molar-refractivity contribution in [2.75, 3.05) is 0 Å². The number of fused-ring (bicyclic) bond motifs is 1. The molecule has 0 saturated carbocycles.